The molecule has 1 saturated heterocycles. The van der Waals surface area contributed by atoms with E-state index in [1.54, 1.807) is 35.7 Å². The molecule has 1 aromatic carbocycles. The smallest absolute Gasteiger partial charge is 0.246 e. The van der Waals surface area contributed by atoms with Crippen LogP contribution < -0.4 is 5.32 Å². The molecule has 8 heteroatoms. The van der Waals surface area contributed by atoms with Crippen LogP contribution in [0.25, 0.3) is 23.0 Å². The van der Waals surface area contributed by atoms with Gasteiger partial charge in [0.1, 0.15) is 11.6 Å². The standard InChI is InChI=1S/C26H27N5O2S/c1-18-15-28-31-24(14-22(29-26(18)31)21-4-2-3-5-23(21)32)27-16-19-8-11-30(12-9-19)25(33)7-6-20-10-13-34-17-20/h2-7,10,13-15,17,19,27,32H,8-9,11-12,16H2,1H3/b7-6+. The van der Waals surface area contributed by atoms with Gasteiger partial charge in [-0.1, -0.05) is 12.1 Å². The third-order valence-electron chi connectivity index (χ3n) is 6.29. The molecule has 4 aromatic rings. The lowest BCUT2D eigenvalue weighted by atomic mass is 9.96. The molecule has 0 radical (unpaired) electrons. The minimum atomic E-state index is 0.0766. The average Bonchev–Trinajstić information content (AvgIpc) is 3.52. The summed E-state index contributed by atoms with van der Waals surface area (Å²) in [5.74, 6) is 1.58. The molecule has 0 spiro atoms. The van der Waals surface area contributed by atoms with Crippen LogP contribution in [-0.4, -0.2) is 50.1 Å². The molecule has 1 aliphatic rings. The number of rotatable bonds is 6. The lowest BCUT2D eigenvalue weighted by Gasteiger charge is -2.31. The number of phenols is 1. The van der Waals surface area contributed by atoms with Crippen LogP contribution in [0.5, 0.6) is 5.75 Å². The number of amides is 1. The minimum absolute atomic E-state index is 0.0766. The highest BCUT2D eigenvalue weighted by Gasteiger charge is 2.22. The Morgan fingerprint density at radius 3 is 2.85 bits per heavy atom. The molecular weight excluding hydrogens is 446 g/mol. The van der Waals surface area contributed by atoms with E-state index in [4.69, 9.17) is 4.98 Å². The van der Waals surface area contributed by atoms with Gasteiger partial charge < -0.3 is 15.3 Å². The summed E-state index contributed by atoms with van der Waals surface area (Å²) in [6, 6.07) is 11.2. The number of hydrogen-bond donors (Lipinski definition) is 2. The number of likely N-dealkylation sites (tertiary alicyclic amines) is 1. The first-order valence-corrected chi connectivity index (χ1v) is 12.4. The maximum absolute atomic E-state index is 12.5. The van der Waals surface area contributed by atoms with Crippen LogP contribution in [0.1, 0.15) is 24.0 Å². The molecule has 2 N–H and O–H groups in total. The number of phenolic OH excluding ortho intramolecular Hbond substituents is 1. The van der Waals surface area contributed by atoms with Crippen molar-refractivity contribution in [2.24, 2.45) is 5.92 Å². The molecular formula is C26H27N5O2S. The van der Waals surface area contributed by atoms with Crippen LogP contribution in [-0.2, 0) is 4.79 Å². The third kappa shape index (κ3) is 4.68. The molecule has 174 valence electrons. The molecule has 1 amide bonds. The van der Waals surface area contributed by atoms with Crippen LogP contribution in [0.15, 0.2) is 59.4 Å². The number of anilines is 1. The molecule has 0 aliphatic carbocycles. The van der Waals surface area contributed by atoms with Crippen molar-refractivity contribution in [2.75, 3.05) is 25.0 Å². The molecule has 4 heterocycles. The number of aromatic nitrogens is 3. The summed E-state index contributed by atoms with van der Waals surface area (Å²) in [6.45, 7) is 4.28. The van der Waals surface area contributed by atoms with E-state index in [1.165, 1.54) is 0 Å². The molecule has 7 nitrogen and oxygen atoms in total. The van der Waals surface area contributed by atoms with E-state index in [0.717, 1.165) is 55.1 Å². The van der Waals surface area contributed by atoms with Gasteiger partial charge in [-0.2, -0.15) is 21.0 Å². The second-order valence-corrected chi connectivity index (χ2v) is 9.43. The molecule has 0 saturated carbocycles. The summed E-state index contributed by atoms with van der Waals surface area (Å²) in [7, 11) is 0. The molecule has 0 bridgehead atoms. The summed E-state index contributed by atoms with van der Waals surface area (Å²) in [5.41, 5.74) is 4.20. The SMILES string of the molecule is Cc1cnn2c(NCC3CCN(C(=O)/C=C/c4ccsc4)CC3)cc(-c3ccccc3O)nc12. The first-order chi connectivity index (χ1) is 16.6. The Balaban J connectivity index is 1.25. The maximum atomic E-state index is 12.5. The fraction of sp³-hybridized carbons (Fsp3) is 0.269. The summed E-state index contributed by atoms with van der Waals surface area (Å²) in [6.07, 6.45) is 7.26. The lowest BCUT2D eigenvalue weighted by molar-refractivity contribution is -0.127. The highest BCUT2D eigenvalue weighted by molar-refractivity contribution is 7.08. The first kappa shape index (κ1) is 22.2. The summed E-state index contributed by atoms with van der Waals surface area (Å²) in [5, 5.41) is 22.4. The quantitative estimate of drug-likeness (QED) is 0.392. The van der Waals surface area contributed by atoms with E-state index >= 15 is 0 Å². The number of fused-ring (bicyclic) bond motifs is 1. The number of aromatic hydroxyl groups is 1. The minimum Gasteiger partial charge on any atom is -0.507 e. The van der Waals surface area contributed by atoms with Gasteiger partial charge in [0, 0.05) is 42.9 Å². The second kappa shape index (κ2) is 9.69. The van der Waals surface area contributed by atoms with E-state index in [0.29, 0.717) is 17.2 Å². The fourth-order valence-corrected chi connectivity index (χ4v) is 4.90. The molecule has 34 heavy (non-hydrogen) atoms. The van der Waals surface area contributed by atoms with Crippen molar-refractivity contribution in [3.63, 3.8) is 0 Å². The van der Waals surface area contributed by atoms with E-state index < -0.39 is 0 Å². The van der Waals surface area contributed by atoms with Gasteiger partial charge in [-0.15, -0.1) is 0 Å². The molecule has 0 unspecified atom stereocenters. The number of thiophene rings is 1. The second-order valence-electron chi connectivity index (χ2n) is 8.65. The number of benzene rings is 1. The van der Waals surface area contributed by atoms with Crippen molar-refractivity contribution >= 4 is 34.8 Å². The number of aryl methyl sites for hydroxylation is 1. The zero-order chi connectivity index (χ0) is 23.5. The molecule has 1 aliphatic heterocycles. The van der Waals surface area contributed by atoms with Crippen molar-refractivity contribution in [2.45, 2.75) is 19.8 Å². The molecule has 0 atom stereocenters. The Kier molecular flexibility index (Phi) is 6.31. The highest BCUT2D eigenvalue weighted by Crippen LogP contribution is 2.30. The van der Waals surface area contributed by atoms with Gasteiger partial charge in [0.05, 0.1) is 11.9 Å². The summed E-state index contributed by atoms with van der Waals surface area (Å²) < 4.78 is 1.81. The van der Waals surface area contributed by atoms with Crippen molar-refractivity contribution < 1.29 is 9.90 Å². The Labute approximate surface area is 202 Å². The van der Waals surface area contributed by atoms with Gasteiger partial charge in [-0.25, -0.2) is 4.98 Å². The number of piperidine rings is 1. The monoisotopic (exact) mass is 473 g/mol. The van der Waals surface area contributed by atoms with Gasteiger partial charge >= 0.3 is 0 Å². The largest absolute Gasteiger partial charge is 0.507 e. The summed E-state index contributed by atoms with van der Waals surface area (Å²) >= 11 is 1.63. The number of hydrogen-bond acceptors (Lipinski definition) is 6. The number of nitrogens with zero attached hydrogens (tertiary/aromatic N) is 4. The predicted octanol–water partition coefficient (Wildman–Crippen LogP) is 4.84. The lowest BCUT2D eigenvalue weighted by Crippen LogP contribution is -2.39. The zero-order valence-corrected chi connectivity index (χ0v) is 19.8. The summed E-state index contributed by atoms with van der Waals surface area (Å²) in [4.78, 5) is 19.2. The molecule has 3 aromatic heterocycles. The van der Waals surface area contributed by atoms with Gasteiger partial charge in [0.15, 0.2) is 5.65 Å². The number of nitrogens with one attached hydrogen (secondary N) is 1. The van der Waals surface area contributed by atoms with E-state index in [2.05, 4.69) is 10.4 Å². The van der Waals surface area contributed by atoms with Crippen molar-refractivity contribution in [1.29, 1.82) is 0 Å². The van der Waals surface area contributed by atoms with Crippen LogP contribution >= 0.6 is 11.3 Å². The van der Waals surface area contributed by atoms with Crippen molar-refractivity contribution in [1.82, 2.24) is 19.5 Å². The Morgan fingerprint density at radius 1 is 1.26 bits per heavy atom. The number of carbonyl (C=O) groups is 1. The van der Waals surface area contributed by atoms with Crippen molar-refractivity contribution in [3.05, 3.63) is 70.6 Å². The van der Waals surface area contributed by atoms with E-state index in [-0.39, 0.29) is 11.7 Å². The number of para-hydroxylation sites is 1. The van der Waals surface area contributed by atoms with Gasteiger partial charge in [0.25, 0.3) is 0 Å². The zero-order valence-electron chi connectivity index (χ0n) is 19.0. The van der Waals surface area contributed by atoms with Crippen LogP contribution in [0.4, 0.5) is 5.82 Å². The Morgan fingerprint density at radius 2 is 2.09 bits per heavy atom. The van der Waals surface area contributed by atoms with E-state index in [1.807, 2.05) is 57.4 Å². The highest BCUT2D eigenvalue weighted by atomic mass is 32.1. The van der Waals surface area contributed by atoms with Crippen LogP contribution in [0.2, 0.25) is 0 Å². The predicted molar refractivity (Wildman–Crippen MR) is 136 cm³/mol. The third-order valence-corrected chi connectivity index (χ3v) is 6.99. The van der Waals surface area contributed by atoms with Crippen LogP contribution in [0.3, 0.4) is 0 Å². The Bertz CT molecular complexity index is 1320. The van der Waals surface area contributed by atoms with Crippen LogP contribution in [0, 0.1) is 12.8 Å². The average molecular weight is 474 g/mol. The van der Waals surface area contributed by atoms with Crippen molar-refractivity contribution in [3.8, 4) is 17.0 Å². The fourth-order valence-electron chi connectivity index (χ4n) is 4.28. The number of carbonyl (C=O) groups excluding carboxylic acids is 1. The van der Waals surface area contributed by atoms with E-state index in [9.17, 15) is 9.90 Å². The van der Waals surface area contributed by atoms with Gasteiger partial charge in [-0.3, -0.25) is 4.79 Å². The normalized spacial score (nSPS) is 14.8. The molecule has 1 fully saturated rings. The van der Waals surface area contributed by atoms with Gasteiger partial charge in [-0.05, 0) is 66.3 Å². The first-order valence-electron chi connectivity index (χ1n) is 11.5. The topological polar surface area (TPSA) is 82.8 Å². The van der Waals surface area contributed by atoms with Gasteiger partial charge in [0.2, 0.25) is 5.91 Å². The molecule has 5 rings (SSSR count). The Hall–Kier alpha value is -3.65. The maximum Gasteiger partial charge on any atom is 0.246 e.